The molecule has 0 N–H and O–H groups in total. The minimum atomic E-state index is -3.66. The zero-order chi connectivity index (χ0) is 19.8. The topological polar surface area (TPSA) is 67.3 Å². The molecule has 0 aliphatic carbocycles. The monoisotopic (exact) mass is 406 g/mol. The van der Waals surface area contributed by atoms with Crippen LogP contribution in [0.4, 0.5) is 0 Å². The number of pyridine rings is 1. The summed E-state index contributed by atoms with van der Waals surface area (Å²) in [6.07, 6.45) is 1.93. The van der Waals surface area contributed by atoms with Crippen molar-refractivity contribution in [2.75, 3.05) is 0 Å². The maximum absolute atomic E-state index is 12.8. The number of sulfone groups is 1. The van der Waals surface area contributed by atoms with Gasteiger partial charge in [-0.1, -0.05) is 23.7 Å². The lowest BCUT2D eigenvalue weighted by atomic mass is 10.2. The van der Waals surface area contributed by atoms with Gasteiger partial charge in [0.25, 0.3) is 5.91 Å². The first-order valence-electron chi connectivity index (χ1n) is 8.96. The summed E-state index contributed by atoms with van der Waals surface area (Å²) in [6, 6.07) is 10.1. The fourth-order valence-corrected chi connectivity index (χ4v) is 5.46. The van der Waals surface area contributed by atoms with Crippen LogP contribution in [0.2, 0.25) is 5.02 Å². The molecule has 1 amide bonds. The quantitative estimate of drug-likeness (QED) is 0.768. The van der Waals surface area contributed by atoms with Crippen LogP contribution >= 0.6 is 11.6 Å². The number of carbonyl (C=O) groups excluding carboxylic acids is 1. The van der Waals surface area contributed by atoms with E-state index in [1.165, 1.54) is 6.07 Å². The highest BCUT2D eigenvalue weighted by molar-refractivity contribution is 7.90. The number of halogens is 1. The Labute approximate surface area is 165 Å². The van der Waals surface area contributed by atoms with E-state index in [0.717, 1.165) is 18.4 Å². The van der Waals surface area contributed by atoms with E-state index < -0.39 is 9.84 Å². The van der Waals surface area contributed by atoms with E-state index in [9.17, 15) is 13.2 Å². The number of aromatic nitrogens is 1. The summed E-state index contributed by atoms with van der Waals surface area (Å²) in [5, 5.41) is 0.196. The molecule has 1 aliphatic heterocycles. The molecule has 1 fully saturated rings. The van der Waals surface area contributed by atoms with E-state index in [0.29, 0.717) is 5.69 Å². The van der Waals surface area contributed by atoms with Gasteiger partial charge in [0, 0.05) is 12.1 Å². The van der Waals surface area contributed by atoms with Gasteiger partial charge in [-0.05, 0) is 63.4 Å². The van der Waals surface area contributed by atoms with E-state index >= 15 is 0 Å². The van der Waals surface area contributed by atoms with E-state index in [4.69, 9.17) is 11.6 Å². The van der Waals surface area contributed by atoms with E-state index in [2.05, 4.69) is 4.98 Å². The molecular formula is C20H23ClN2O3S. The molecule has 2 unspecified atom stereocenters. The smallest absolute Gasteiger partial charge is 0.272 e. The molecule has 27 heavy (non-hydrogen) atoms. The van der Waals surface area contributed by atoms with Crippen LogP contribution in [0.5, 0.6) is 0 Å². The number of amides is 1. The largest absolute Gasteiger partial charge is 0.332 e. The lowest BCUT2D eigenvalue weighted by Gasteiger charge is -2.26. The number of benzene rings is 1. The minimum Gasteiger partial charge on any atom is -0.332 e. The molecule has 5 nitrogen and oxygen atoms in total. The number of hydrogen-bond acceptors (Lipinski definition) is 4. The average Bonchev–Trinajstić information content (AvgIpc) is 2.92. The van der Waals surface area contributed by atoms with E-state index in [1.807, 2.05) is 25.7 Å². The van der Waals surface area contributed by atoms with Crippen molar-refractivity contribution in [1.29, 1.82) is 0 Å². The Morgan fingerprint density at radius 3 is 2.48 bits per heavy atom. The van der Waals surface area contributed by atoms with Crippen molar-refractivity contribution in [1.82, 2.24) is 9.88 Å². The number of rotatable bonds is 4. The van der Waals surface area contributed by atoms with Crippen LogP contribution in [0, 0.1) is 6.92 Å². The Morgan fingerprint density at radius 1 is 1.19 bits per heavy atom. The zero-order valence-corrected chi connectivity index (χ0v) is 17.2. The van der Waals surface area contributed by atoms with Crippen molar-refractivity contribution in [2.24, 2.45) is 0 Å². The Hall–Kier alpha value is -1.92. The van der Waals surface area contributed by atoms with Gasteiger partial charge in [-0.2, -0.15) is 0 Å². The zero-order valence-electron chi connectivity index (χ0n) is 15.6. The highest BCUT2D eigenvalue weighted by atomic mass is 35.5. The van der Waals surface area contributed by atoms with Crippen molar-refractivity contribution in [2.45, 2.75) is 56.3 Å². The van der Waals surface area contributed by atoms with Crippen LogP contribution in [0.3, 0.4) is 0 Å². The van der Waals surface area contributed by atoms with Gasteiger partial charge in [-0.15, -0.1) is 0 Å². The summed E-state index contributed by atoms with van der Waals surface area (Å²) in [5.74, 6) is -0.456. The first-order chi connectivity index (χ1) is 12.7. The fraction of sp³-hybridized carbons (Fsp3) is 0.400. The molecular weight excluding hydrogens is 384 g/mol. The van der Waals surface area contributed by atoms with Gasteiger partial charge in [0.2, 0.25) is 0 Å². The summed E-state index contributed by atoms with van der Waals surface area (Å²) in [4.78, 5) is 19.1. The third kappa shape index (κ3) is 4.17. The van der Waals surface area contributed by atoms with Crippen molar-refractivity contribution < 1.29 is 13.2 Å². The van der Waals surface area contributed by atoms with Crippen LogP contribution in [0.1, 0.15) is 48.4 Å². The Bertz CT molecular complexity index is 965. The van der Waals surface area contributed by atoms with Gasteiger partial charge in [-0.3, -0.25) is 4.79 Å². The summed E-state index contributed by atoms with van der Waals surface area (Å²) < 4.78 is 25.5. The van der Waals surface area contributed by atoms with Gasteiger partial charge < -0.3 is 4.90 Å². The van der Waals surface area contributed by atoms with Gasteiger partial charge >= 0.3 is 0 Å². The Kier molecular flexibility index (Phi) is 5.58. The molecule has 0 spiro atoms. The van der Waals surface area contributed by atoms with Gasteiger partial charge in [-0.25, -0.2) is 13.4 Å². The van der Waals surface area contributed by atoms with Crippen molar-refractivity contribution in [3.05, 3.63) is 58.4 Å². The van der Waals surface area contributed by atoms with Crippen LogP contribution in [0.25, 0.3) is 0 Å². The maximum Gasteiger partial charge on any atom is 0.272 e. The minimum absolute atomic E-state index is 0.0788. The predicted octanol–water partition coefficient (Wildman–Crippen LogP) is 4.03. The number of carbonyl (C=O) groups is 1. The standard InChI is InChI=1S/C20H23ClN2O3S/c1-13-7-10-19(17(21)11-13)27(25,26)12-16-5-4-6-18(22-16)20(24)23-14(2)8-9-15(23)3/h4-7,10-11,14-15H,8-9,12H2,1-3H3. The Morgan fingerprint density at radius 2 is 1.85 bits per heavy atom. The second kappa shape index (κ2) is 7.60. The summed E-state index contributed by atoms with van der Waals surface area (Å²) >= 11 is 6.12. The molecule has 2 aromatic rings. The fourth-order valence-electron chi connectivity index (χ4n) is 3.54. The molecule has 1 saturated heterocycles. The lowest BCUT2D eigenvalue weighted by molar-refractivity contribution is 0.0686. The third-order valence-corrected chi connectivity index (χ3v) is 7.10. The number of likely N-dealkylation sites (tertiary alicyclic amines) is 1. The molecule has 2 atom stereocenters. The molecule has 1 aliphatic rings. The molecule has 3 rings (SSSR count). The van der Waals surface area contributed by atoms with Crippen molar-refractivity contribution >= 4 is 27.3 Å². The summed E-state index contributed by atoms with van der Waals surface area (Å²) in [7, 11) is -3.66. The van der Waals surface area contributed by atoms with Gasteiger partial charge in [0.1, 0.15) is 5.69 Å². The van der Waals surface area contributed by atoms with Gasteiger partial charge in [0.05, 0.1) is 21.4 Å². The third-order valence-electron chi connectivity index (χ3n) is 4.97. The van der Waals surface area contributed by atoms with Crippen molar-refractivity contribution in [3.8, 4) is 0 Å². The molecule has 0 bridgehead atoms. The highest BCUT2D eigenvalue weighted by Crippen LogP contribution is 2.27. The van der Waals surface area contributed by atoms with E-state index in [1.54, 1.807) is 30.3 Å². The number of hydrogen-bond donors (Lipinski definition) is 0. The summed E-state index contributed by atoms with van der Waals surface area (Å²) in [5.41, 5.74) is 1.49. The molecule has 0 saturated carbocycles. The number of aryl methyl sites for hydroxylation is 1. The lowest BCUT2D eigenvalue weighted by Crippen LogP contribution is -2.39. The molecule has 1 aromatic carbocycles. The van der Waals surface area contributed by atoms with Gasteiger partial charge in [0.15, 0.2) is 9.84 Å². The summed E-state index contributed by atoms with van der Waals surface area (Å²) in [6.45, 7) is 5.89. The average molecular weight is 407 g/mol. The van der Waals surface area contributed by atoms with Crippen LogP contribution in [-0.4, -0.2) is 36.3 Å². The molecule has 1 aromatic heterocycles. The predicted molar refractivity (Wildman–Crippen MR) is 106 cm³/mol. The van der Waals surface area contributed by atoms with Crippen molar-refractivity contribution in [3.63, 3.8) is 0 Å². The number of nitrogens with zero attached hydrogens (tertiary/aromatic N) is 2. The highest BCUT2D eigenvalue weighted by Gasteiger charge is 2.32. The van der Waals surface area contributed by atoms with Crippen LogP contribution in [0.15, 0.2) is 41.3 Å². The first kappa shape index (κ1) is 19.8. The normalized spacial score (nSPS) is 20.1. The van der Waals surface area contributed by atoms with Crippen LogP contribution in [-0.2, 0) is 15.6 Å². The maximum atomic E-state index is 12.8. The SMILES string of the molecule is Cc1ccc(S(=O)(=O)Cc2cccc(C(=O)N3C(C)CCC3C)n2)c(Cl)c1. The molecule has 7 heteroatoms. The molecule has 2 heterocycles. The second-order valence-electron chi connectivity index (χ2n) is 7.19. The van der Waals surface area contributed by atoms with E-state index in [-0.39, 0.29) is 39.4 Å². The molecule has 144 valence electrons. The Balaban J connectivity index is 1.86. The first-order valence-corrected chi connectivity index (χ1v) is 11.0. The van der Waals surface area contributed by atoms with Crippen LogP contribution < -0.4 is 0 Å². The second-order valence-corrected chi connectivity index (χ2v) is 9.56. The molecule has 0 radical (unpaired) electrons.